The van der Waals surface area contributed by atoms with E-state index in [9.17, 15) is 30.0 Å². The van der Waals surface area contributed by atoms with E-state index in [1.54, 1.807) is 0 Å². The molecule has 12 nitrogen and oxygen atoms in total. The molecule has 2 aliphatic rings. The van der Waals surface area contributed by atoms with Crippen molar-refractivity contribution in [2.45, 2.75) is 51.6 Å². The van der Waals surface area contributed by atoms with Gasteiger partial charge >= 0.3 is 12.1 Å². The molecule has 0 saturated carbocycles. The number of hydrogen-bond donors (Lipinski definition) is 4. The molecule has 2 saturated heterocycles. The Labute approximate surface area is 169 Å². The zero-order valence-electron chi connectivity index (χ0n) is 16.9. The van der Waals surface area contributed by atoms with Crippen LogP contribution >= 0.6 is 0 Å². The maximum absolute atomic E-state index is 12.6. The molecule has 29 heavy (non-hydrogen) atoms. The molecule has 4 N–H and O–H groups in total. The lowest BCUT2D eigenvalue weighted by molar-refractivity contribution is -0.0985. The highest BCUT2D eigenvalue weighted by atomic mass is 16.5. The second kappa shape index (κ2) is 10.9. The van der Waals surface area contributed by atoms with Gasteiger partial charge in [-0.15, -0.1) is 0 Å². The van der Waals surface area contributed by atoms with Crippen molar-refractivity contribution < 1.29 is 39.5 Å². The van der Waals surface area contributed by atoms with Crippen molar-refractivity contribution in [1.82, 2.24) is 19.6 Å². The van der Waals surface area contributed by atoms with E-state index in [1.807, 2.05) is 13.8 Å². The lowest BCUT2D eigenvalue weighted by Gasteiger charge is -2.27. The summed E-state index contributed by atoms with van der Waals surface area (Å²) in [5.74, 6) is 0. The first kappa shape index (κ1) is 23.6. The summed E-state index contributed by atoms with van der Waals surface area (Å²) in [6.07, 6.45) is -5.14. The Bertz CT molecular complexity index is 508. The van der Waals surface area contributed by atoms with Gasteiger partial charge in [0.15, 0.2) is 24.9 Å². The molecule has 0 aromatic heterocycles. The normalized spacial score (nSPS) is 27.7. The molecular weight excluding hydrogens is 388 g/mol. The highest BCUT2D eigenvalue weighted by Crippen LogP contribution is 2.25. The molecule has 0 bridgehead atoms. The van der Waals surface area contributed by atoms with Crippen molar-refractivity contribution >= 4 is 12.1 Å². The summed E-state index contributed by atoms with van der Waals surface area (Å²) in [6.45, 7) is 5.39. The molecule has 12 heteroatoms. The fraction of sp³-hybridized carbons (Fsp3) is 0.882. The van der Waals surface area contributed by atoms with Crippen LogP contribution in [0.4, 0.5) is 9.59 Å². The monoisotopic (exact) mass is 420 g/mol. The molecule has 0 spiro atoms. The SMILES string of the molecule is CCOCCCN1C(=O)N(CN2C(=O)N(CCCOCC)C(O)C2O)C(O)C1O. The van der Waals surface area contributed by atoms with E-state index < -0.39 is 43.6 Å². The largest absolute Gasteiger partial charge is 0.382 e. The first-order chi connectivity index (χ1) is 13.8. The summed E-state index contributed by atoms with van der Waals surface area (Å²) in [6, 6.07) is -1.35. The molecule has 2 heterocycles. The zero-order chi connectivity index (χ0) is 21.6. The third kappa shape index (κ3) is 5.27. The average molecular weight is 420 g/mol. The van der Waals surface area contributed by atoms with Gasteiger partial charge < -0.3 is 29.9 Å². The first-order valence-corrected chi connectivity index (χ1v) is 9.87. The van der Waals surface area contributed by atoms with E-state index in [4.69, 9.17) is 9.47 Å². The van der Waals surface area contributed by atoms with Crippen molar-refractivity contribution in [3.05, 3.63) is 0 Å². The van der Waals surface area contributed by atoms with E-state index in [-0.39, 0.29) is 13.1 Å². The van der Waals surface area contributed by atoms with E-state index in [0.29, 0.717) is 39.3 Å². The fourth-order valence-corrected chi connectivity index (χ4v) is 3.30. The molecule has 0 aromatic rings. The third-order valence-electron chi connectivity index (χ3n) is 4.88. The highest BCUT2D eigenvalue weighted by molar-refractivity contribution is 5.80. The summed E-state index contributed by atoms with van der Waals surface area (Å²) in [5, 5.41) is 40.8. The Hall–Kier alpha value is -1.70. The predicted molar refractivity (Wildman–Crippen MR) is 99.0 cm³/mol. The van der Waals surface area contributed by atoms with Crippen LogP contribution in [-0.4, -0.2) is 123 Å². The van der Waals surface area contributed by atoms with Gasteiger partial charge in [-0.3, -0.25) is 19.6 Å². The lowest BCUT2D eigenvalue weighted by Crippen LogP contribution is -2.48. The Morgan fingerprint density at radius 3 is 1.38 bits per heavy atom. The van der Waals surface area contributed by atoms with Crippen LogP contribution in [0.2, 0.25) is 0 Å². The van der Waals surface area contributed by atoms with Crippen LogP contribution in [0, 0.1) is 0 Å². The van der Waals surface area contributed by atoms with Crippen molar-refractivity contribution in [3.63, 3.8) is 0 Å². The summed E-state index contributed by atoms with van der Waals surface area (Å²) in [7, 11) is 0. The van der Waals surface area contributed by atoms with Crippen LogP contribution in [0.1, 0.15) is 26.7 Å². The maximum Gasteiger partial charge on any atom is 0.325 e. The van der Waals surface area contributed by atoms with E-state index in [2.05, 4.69) is 0 Å². The van der Waals surface area contributed by atoms with Gasteiger partial charge in [0.2, 0.25) is 0 Å². The van der Waals surface area contributed by atoms with Gasteiger partial charge in [-0.2, -0.15) is 0 Å². The van der Waals surface area contributed by atoms with Crippen molar-refractivity contribution in [3.8, 4) is 0 Å². The topological polar surface area (TPSA) is 146 Å². The molecule has 168 valence electrons. The zero-order valence-corrected chi connectivity index (χ0v) is 16.9. The van der Waals surface area contributed by atoms with Crippen LogP contribution in [0.3, 0.4) is 0 Å². The summed E-state index contributed by atoms with van der Waals surface area (Å²) >= 11 is 0. The van der Waals surface area contributed by atoms with Crippen molar-refractivity contribution in [2.24, 2.45) is 0 Å². The van der Waals surface area contributed by atoms with Gasteiger partial charge in [0.05, 0.1) is 0 Å². The first-order valence-electron chi connectivity index (χ1n) is 9.87. The molecule has 2 fully saturated rings. The van der Waals surface area contributed by atoms with Crippen LogP contribution in [0.25, 0.3) is 0 Å². The average Bonchev–Trinajstić information content (AvgIpc) is 3.02. The number of aliphatic hydroxyl groups is 4. The molecule has 2 aliphatic heterocycles. The van der Waals surface area contributed by atoms with E-state index in [1.165, 1.54) is 0 Å². The van der Waals surface area contributed by atoms with Gasteiger partial charge in [0.25, 0.3) is 0 Å². The van der Waals surface area contributed by atoms with E-state index >= 15 is 0 Å². The number of ether oxygens (including phenoxy) is 2. The number of carbonyl (C=O) groups is 2. The van der Waals surface area contributed by atoms with Gasteiger partial charge in [-0.05, 0) is 26.7 Å². The Kier molecular flexibility index (Phi) is 8.86. The number of rotatable bonds is 12. The molecule has 4 amide bonds. The van der Waals surface area contributed by atoms with Gasteiger partial charge in [-0.25, -0.2) is 9.59 Å². The highest BCUT2D eigenvalue weighted by Gasteiger charge is 2.49. The molecule has 0 radical (unpaired) electrons. The number of hydrogen-bond acceptors (Lipinski definition) is 8. The van der Waals surface area contributed by atoms with E-state index in [0.717, 1.165) is 19.6 Å². The Morgan fingerprint density at radius 1 is 0.690 bits per heavy atom. The summed E-state index contributed by atoms with van der Waals surface area (Å²) in [5.41, 5.74) is 0. The molecule has 0 aromatic carbocycles. The summed E-state index contributed by atoms with van der Waals surface area (Å²) in [4.78, 5) is 29.1. The van der Waals surface area contributed by atoms with Crippen LogP contribution in [-0.2, 0) is 9.47 Å². The Morgan fingerprint density at radius 2 is 1.03 bits per heavy atom. The second-order valence-electron chi connectivity index (χ2n) is 6.79. The number of carbonyl (C=O) groups excluding carboxylic acids is 2. The molecule has 2 rings (SSSR count). The van der Waals surface area contributed by atoms with Gasteiger partial charge in [0.1, 0.15) is 6.67 Å². The minimum atomic E-state index is -1.57. The number of aliphatic hydroxyl groups excluding tert-OH is 4. The number of nitrogens with zero attached hydrogens (tertiary/aromatic N) is 4. The van der Waals surface area contributed by atoms with Crippen LogP contribution in [0.5, 0.6) is 0 Å². The molecule has 4 atom stereocenters. The van der Waals surface area contributed by atoms with Gasteiger partial charge in [0, 0.05) is 39.5 Å². The smallest absolute Gasteiger partial charge is 0.325 e. The van der Waals surface area contributed by atoms with Crippen LogP contribution < -0.4 is 0 Å². The fourth-order valence-electron chi connectivity index (χ4n) is 3.30. The standard InChI is InChI=1S/C17H32N4O8/c1-3-28-9-5-7-18-12(22)14(24)20(16(18)26)11-21-15(25)13(23)19(17(21)27)8-6-10-29-4-2/h12-15,22-25H,3-11H2,1-2H3. The minimum Gasteiger partial charge on any atom is -0.382 e. The third-order valence-corrected chi connectivity index (χ3v) is 4.88. The maximum atomic E-state index is 12.6. The lowest BCUT2D eigenvalue weighted by atomic mass is 10.4. The predicted octanol–water partition coefficient (Wildman–Crippen LogP) is -1.45. The number of urea groups is 2. The molecular formula is C17H32N4O8. The van der Waals surface area contributed by atoms with Crippen LogP contribution in [0.15, 0.2) is 0 Å². The van der Waals surface area contributed by atoms with Crippen molar-refractivity contribution in [2.75, 3.05) is 46.2 Å². The number of amides is 4. The molecule has 0 aliphatic carbocycles. The van der Waals surface area contributed by atoms with Crippen molar-refractivity contribution in [1.29, 1.82) is 0 Å². The summed E-state index contributed by atoms with van der Waals surface area (Å²) < 4.78 is 10.4. The van der Waals surface area contributed by atoms with Gasteiger partial charge in [-0.1, -0.05) is 0 Å². The second-order valence-corrected chi connectivity index (χ2v) is 6.79. The molecule has 4 unspecified atom stereocenters. The Balaban J connectivity index is 1.96. The minimum absolute atomic E-state index is 0.163. The quantitative estimate of drug-likeness (QED) is 0.280.